The van der Waals surface area contributed by atoms with Gasteiger partial charge in [0.1, 0.15) is 16.6 Å². The summed E-state index contributed by atoms with van der Waals surface area (Å²) in [6.07, 6.45) is 0. The second-order valence-electron chi connectivity index (χ2n) is 8.41. The number of hydrogen-bond acceptors (Lipinski definition) is 7. The average molecular weight is 494 g/mol. The van der Waals surface area contributed by atoms with E-state index in [1.54, 1.807) is 17.0 Å². The number of fused-ring (bicyclic) bond motifs is 1. The van der Waals surface area contributed by atoms with Gasteiger partial charge in [-0.2, -0.15) is 9.61 Å². The number of halogens is 1. The monoisotopic (exact) mass is 493 g/mol. The van der Waals surface area contributed by atoms with E-state index in [9.17, 15) is 14.0 Å². The highest BCUT2D eigenvalue weighted by Crippen LogP contribution is 2.24. The zero-order valence-electron chi connectivity index (χ0n) is 19.2. The van der Waals surface area contributed by atoms with Crippen LogP contribution in [0.3, 0.4) is 0 Å². The van der Waals surface area contributed by atoms with E-state index in [4.69, 9.17) is 4.74 Å². The molecule has 3 heterocycles. The third-order valence-corrected chi connectivity index (χ3v) is 6.90. The van der Waals surface area contributed by atoms with E-state index in [0.29, 0.717) is 48.4 Å². The smallest absolute Gasteiger partial charge is 0.275 e. The topological polar surface area (TPSA) is 80.0 Å². The molecule has 0 radical (unpaired) electrons. The van der Waals surface area contributed by atoms with Crippen LogP contribution in [0.1, 0.15) is 11.3 Å². The Labute approximate surface area is 205 Å². The summed E-state index contributed by atoms with van der Waals surface area (Å²) in [6.45, 7) is 5.02. The molecule has 0 aliphatic carbocycles. The van der Waals surface area contributed by atoms with Gasteiger partial charge in [-0.3, -0.25) is 14.5 Å². The first-order valence-corrected chi connectivity index (χ1v) is 12.1. The predicted octanol–water partition coefficient (Wildman–Crippen LogP) is 2.99. The molecule has 1 aliphatic heterocycles. The van der Waals surface area contributed by atoms with Crippen LogP contribution in [0.15, 0.2) is 59.4 Å². The van der Waals surface area contributed by atoms with E-state index in [-0.39, 0.29) is 23.9 Å². The molecule has 0 N–H and O–H groups in total. The molecule has 0 spiro atoms. The fourth-order valence-electron chi connectivity index (χ4n) is 3.98. The second-order valence-corrected chi connectivity index (χ2v) is 9.36. The van der Waals surface area contributed by atoms with Crippen molar-refractivity contribution in [1.82, 2.24) is 24.4 Å². The highest BCUT2D eigenvalue weighted by Gasteiger charge is 2.22. The van der Waals surface area contributed by atoms with Crippen LogP contribution in [-0.2, 0) is 11.3 Å². The van der Waals surface area contributed by atoms with Gasteiger partial charge in [-0.15, -0.1) is 0 Å². The molecule has 1 saturated heterocycles. The minimum atomic E-state index is -0.326. The minimum Gasteiger partial charge on any atom is -0.484 e. The largest absolute Gasteiger partial charge is 0.484 e. The van der Waals surface area contributed by atoms with E-state index in [1.165, 1.54) is 34.1 Å². The van der Waals surface area contributed by atoms with Gasteiger partial charge in [0.05, 0.1) is 5.69 Å². The molecule has 35 heavy (non-hydrogen) atoms. The fraction of sp³-hybridized carbons (Fsp3) is 0.280. The Balaban J connectivity index is 1.19. The van der Waals surface area contributed by atoms with Gasteiger partial charge in [-0.05, 0) is 42.8 Å². The van der Waals surface area contributed by atoms with Crippen molar-refractivity contribution in [1.29, 1.82) is 0 Å². The zero-order chi connectivity index (χ0) is 24.4. The summed E-state index contributed by atoms with van der Waals surface area (Å²) in [4.78, 5) is 34.3. The van der Waals surface area contributed by atoms with Gasteiger partial charge < -0.3 is 9.64 Å². The van der Waals surface area contributed by atoms with Crippen molar-refractivity contribution >= 4 is 22.2 Å². The van der Waals surface area contributed by atoms with Crippen LogP contribution in [0.25, 0.3) is 15.5 Å². The van der Waals surface area contributed by atoms with E-state index in [1.807, 2.05) is 31.2 Å². The molecule has 10 heteroatoms. The Kier molecular flexibility index (Phi) is 6.56. The summed E-state index contributed by atoms with van der Waals surface area (Å²) < 4.78 is 20.2. The lowest BCUT2D eigenvalue weighted by atomic mass is 10.2. The molecule has 5 rings (SSSR count). The van der Waals surface area contributed by atoms with Gasteiger partial charge >= 0.3 is 0 Å². The number of hydrogen-bond donors (Lipinski definition) is 0. The lowest BCUT2D eigenvalue weighted by Gasteiger charge is -2.34. The Morgan fingerprint density at radius 2 is 1.83 bits per heavy atom. The van der Waals surface area contributed by atoms with Crippen molar-refractivity contribution in [2.45, 2.75) is 13.5 Å². The molecule has 0 unspecified atom stereocenters. The van der Waals surface area contributed by atoms with E-state index < -0.39 is 0 Å². The van der Waals surface area contributed by atoms with Crippen LogP contribution in [0.4, 0.5) is 4.39 Å². The Bertz CT molecular complexity index is 1410. The molecule has 1 amide bonds. The second kappa shape index (κ2) is 9.93. The molecular weight excluding hydrogens is 469 g/mol. The van der Waals surface area contributed by atoms with Crippen molar-refractivity contribution in [2.75, 3.05) is 32.8 Å². The van der Waals surface area contributed by atoms with Crippen LogP contribution in [0.5, 0.6) is 5.75 Å². The third kappa shape index (κ3) is 5.23. The molecule has 2 aromatic carbocycles. The predicted molar refractivity (Wildman–Crippen MR) is 131 cm³/mol. The number of para-hydroxylation sites is 1. The summed E-state index contributed by atoms with van der Waals surface area (Å²) in [7, 11) is 0. The first-order valence-electron chi connectivity index (χ1n) is 11.3. The molecule has 180 valence electrons. The highest BCUT2D eigenvalue weighted by atomic mass is 32.1. The van der Waals surface area contributed by atoms with Gasteiger partial charge in [0, 0.05) is 44.4 Å². The van der Waals surface area contributed by atoms with Gasteiger partial charge in [0.25, 0.3) is 11.5 Å². The molecule has 1 fully saturated rings. The number of piperazine rings is 1. The Hall–Kier alpha value is -3.63. The molecule has 4 aromatic rings. The summed E-state index contributed by atoms with van der Waals surface area (Å²) >= 11 is 1.29. The number of amides is 1. The van der Waals surface area contributed by atoms with Crippen molar-refractivity contribution in [3.63, 3.8) is 0 Å². The maximum Gasteiger partial charge on any atom is 0.275 e. The van der Waals surface area contributed by atoms with Crippen molar-refractivity contribution in [3.05, 3.63) is 82.0 Å². The molecule has 2 aromatic heterocycles. The summed E-state index contributed by atoms with van der Waals surface area (Å²) in [5.74, 6) is 0.356. The highest BCUT2D eigenvalue weighted by molar-refractivity contribution is 7.19. The summed E-state index contributed by atoms with van der Waals surface area (Å²) in [6, 6.07) is 15.1. The van der Waals surface area contributed by atoms with Crippen LogP contribution < -0.4 is 10.3 Å². The van der Waals surface area contributed by atoms with Crippen molar-refractivity contribution in [3.8, 4) is 16.3 Å². The number of ether oxygens (including phenoxy) is 1. The van der Waals surface area contributed by atoms with Crippen molar-refractivity contribution < 1.29 is 13.9 Å². The van der Waals surface area contributed by atoms with E-state index in [2.05, 4.69) is 15.0 Å². The van der Waals surface area contributed by atoms with E-state index in [0.717, 1.165) is 16.9 Å². The molecule has 0 atom stereocenters. The Morgan fingerprint density at radius 1 is 1.09 bits per heavy atom. The Morgan fingerprint density at radius 3 is 2.57 bits per heavy atom. The lowest BCUT2D eigenvalue weighted by molar-refractivity contribution is -0.135. The van der Waals surface area contributed by atoms with Gasteiger partial charge in [-0.1, -0.05) is 29.5 Å². The van der Waals surface area contributed by atoms with Crippen molar-refractivity contribution in [2.24, 2.45) is 0 Å². The number of nitrogens with zero attached hydrogens (tertiary/aromatic N) is 5. The fourth-order valence-corrected chi connectivity index (χ4v) is 4.91. The number of aryl methyl sites for hydroxylation is 1. The standard InChI is InChI=1S/C25H24FN5O3S/c1-17-4-2-3-5-21(17)34-16-23(33)30-12-10-29(11-13-30)15-20-14-22(32)31-25(27-20)35-24(28-31)18-6-8-19(26)9-7-18/h2-9,14H,10-13,15-16H2,1H3. The third-order valence-electron chi connectivity index (χ3n) is 5.94. The van der Waals surface area contributed by atoms with Gasteiger partial charge in [-0.25, -0.2) is 9.37 Å². The maximum atomic E-state index is 13.2. The maximum absolute atomic E-state index is 13.2. The first-order chi connectivity index (χ1) is 17.0. The minimum absolute atomic E-state index is 0.0155. The average Bonchev–Trinajstić information content (AvgIpc) is 3.29. The van der Waals surface area contributed by atoms with E-state index >= 15 is 0 Å². The van der Waals surface area contributed by atoms with Crippen LogP contribution in [0, 0.1) is 12.7 Å². The number of aromatic nitrogens is 3. The van der Waals surface area contributed by atoms with Gasteiger partial charge in [0.2, 0.25) is 4.96 Å². The first kappa shape index (κ1) is 23.1. The molecule has 1 aliphatic rings. The summed E-state index contributed by atoms with van der Waals surface area (Å²) in [5.41, 5.74) is 2.13. The number of carbonyl (C=O) groups is 1. The molecule has 0 saturated carbocycles. The quantitative estimate of drug-likeness (QED) is 0.411. The SMILES string of the molecule is Cc1ccccc1OCC(=O)N1CCN(Cc2cc(=O)n3nc(-c4ccc(F)cc4)sc3n2)CC1. The van der Waals surface area contributed by atoms with Gasteiger partial charge in [0.15, 0.2) is 6.61 Å². The number of benzene rings is 2. The van der Waals surface area contributed by atoms with Crippen LogP contribution >= 0.6 is 11.3 Å². The number of carbonyl (C=O) groups excluding carboxylic acids is 1. The summed E-state index contributed by atoms with van der Waals surface area (Å²) in [5, 5.41) is 4.95. The van der Waals surface area contributed by atoms with Crippen LogP contribution in [0.2, 0.25) is 0 Å². The molecule has 0 bridgehead atoms. The molecular formula is C25H24FN5O3S. The number of rotatable bonds is 6. The normalized spacial score (nSPS) is 14.4. The van der Waals surface area contributed by atoms with Crippen LogP contribution in [-0.4, -0.2) is 63.1 Å². The molecule has 8 nitrogen and oxygen atoms in total. The zero-order valence-corrected chi connectivity index (χ0v) is 20.0. The lowest BCUT2D eigenvalue weighted by Crippen LogP contribution is -2.49.